The van der Waals surface area contributed by atoms with Crippen molar-refractivity contribution in [2.75, 3.05) is 5.73 Å². The predicted octanol–water partition coefficient (Wildman–Crippen LogP) is 2.81. The highest BCUT2D eigenvalue weighted by Crippen LogP contribution is 2.14. The molecule has 0 fully saturated rings. The second-order valence-electron chi connectivity index (χ2n) is 5.06. The summed E-state index contributed by atoms with van der Waals surface area (Å²) in [7, 11) is 0. The lowest BCUT2D eigenvalue weighted by Gasteiger charge is -2.09. The SMILES string of the molecule is Nc1cccc(Cc2nccn2Cc2ccc(O)cc2)c1. The van der Waals surface area contributed by atoms with Crippen LogP contribution in [0, 0.1) is 0 Å². The van der Waals surface area contributed by atoms with Crippen molar-refractivity contribution in [2.24, 2.45) is 0 Å². The molecule has 1 heterocycles. The molecule has 0 atom stereocenters. The molecule has 0 spiro atoms. The lowest BCUT2D eigenvalue weighted by atomic mass is 10.1. The summed E-state index contributed by atoms with van der Waals surface area (Å²) >= 11 is 0. The van der Waals surface area contributed by atoms with E-state index < -0.39 is 0 Å². The number of aromatic hydroxyl groups is 1. The molecule has 21 heavy (non-hydrogen) atoms. The zero-order valence-corrected chi connectivity index (χ0v) is 11.6. The summed E-state index contributed by atoms with van der Waals surface area (Å²) in [5, 5.41) is 9.33. The highest BCUT2D eigenvalue weighted by molar-refractivity contribution is 5.41. The van der Waals surface area contributed by atoms with Gasteiger partial charge in [0.25, 0.3) is 0 Å². The van der Waals surface area contributed by atoms with Crippen LogP contribution < -0.4 is 5.73 Å². The summed E-state index contributed by atoms with van der Waals surface area (Å²) in [6.07, 6.45) is 4.52. The molecule has 0 radical (unpaired) electrons. The number of phenols is 1. The molecule has 0 aliphatic heterocycles. The van der Waals surface area contributed by atoms with Gasteiger partial charge < -0.3 is 15.4 Å². The molecule has 0 bridgehead atoms. The maximum absolute atomic E-state index is 9.33. The average Bonchev–Trinajstić information content (AvgIpc) is 2.89. The number of hydrogen-bond donors (Lipinski definition) is 2. The van der Waals surface area contributed by atoms with Gasteiger partial charge in [0.1, 0.15) is 11.6 Å². The lowest BCUT2D eigenvalue weighted by molar-refractivity contribution is 0.475. The molecule has 0 aliphatic carbocycles. The largest absolute Gasteiger partial charge is 0.508 e. The van der Waals surface area contributed by atoms with Crippen molar-refractivity contribution in [2.45, 2.75) is 13.0 Å². The number of imidazole rings is 1. The normalized spacial score (nSPS) is 10.7. The molecule has 3 N–H and O–H groups in total. The van der Waals surface area contributed by atoms with Gasteiger partial charge in [-0.1, -0.05) is 24.3 Å². The molecule has 0 saturated carbocycles. The zero-order chi connectivity index (χ0) is 14.7. The van der Waals surface area contributed by atoms with Crippen LogP contribution in [0.3, 0.4) is 0 Å². The van der Waals surface area contributed by atoms with Crippen LogP contribution in [-0.2, 0) is 13.0 Å². The fraction of sp³-hybridized carbons (Fsp3) is 0.118. The maximum Gasteiger partial charge on any atom is 0.115 e. The van der Waals surface area contributed by atoms with E-state index >= 15 is 0 Å². The van der Waals surface area contributed by atoms with E-state index in [4.69, 9.17) is 5.73 Å². The van der Waals surface area contributed by atoms with Gasteiger partial charge in [-0.3, -0.25) is 0 Å². The Morgan fingerprint density at radius 2 is 1.86 bits per heavy atom. The highest BCUT2D eigenvalue weighted by Gasteiger charge is 2.05. The standard InChI is InChI=1S/C17H17N3O/c18-15-3-1-2-14(10-15)11-17-19-8-9-20(17)12-13-4-6-16(21)7-5-13/h1-10,21H,11-12,18H2. The maximum atomic E-state index is 9.33. The minimum Gasteiger partial charge on any atom is -0.508 e. The quantitative estimate of drug-likeness (QED) is 0.722. The van der Waals surface area contributed by atoms with E-state index in [1.54, 1.807) is 12.1 Å². The van der Waals surface area contributed by atoms with Gasteiger partial charge in [-0.2, -0.15) is 0 Å². The molecule has 1 aromatic heterocycles. The van der Waals surface area contributed by atoms with Crippen LogP contribution in [0.1, 0.15) is 17.0 Å². The average molecular weight is 279 g/mol. The van der Waals surface area contributed by atoms with Crippen molar-refractivity contribution in [3.8, 4) is 5.75 Å². The van der Waals surface area contributed by atoms with E-state index in [0.29, 0.717) is 0 Å². The molecule has 2 aromatic carbocycles. The van der Waals surface area contributed by atoms with Crippen molar-refractivity contribution in [3.05, 3.63) is 77.9 Å². The number of benzene rings is 2. The van der Waals surface area contributed by atoms with Gasteiger partial charge >= 0.3 is 0 Å². The Kier molecular flexibility index (Phi) is 3.60. The third-order valence-electron chi connectivity index (χ3n) is 3.40. The third-order valence-corrected chi connectivity index (χ3v) is 3.40. The number of nitrogens with two attached hydrogens (primary N) is 1. The number of hydrogen-bond acceptors (Lipinski definition) is 3. The van der Waals surface area contributed by atoms with Gasteiger partial charge in [-0.15, -0.1) is 0 Å². The van der Waals surface area contributed by atoms with Gasteiger partial charge in [-0.05, 0) is 35.4 Å². The summed E-state index contributed by atoms with van der Waals surface area (Å²) in [6, 6.07) is 15.1. The van der Waals surface area contributed by atoms with Gasteiger partial charge in [-0.25, -0.2) is 4.98 Å². The van der Waals surface area contributed by atoms with E-state index in [1.165, 1.54) is 0 Å². The Morgan fingerprint density at radius 1 is 1.05 bits per heavy atom. The molecule has 0 saturated heterocycles. The summed E-state index contributed by atoms with van der Waals surface area (Å²) in [4.78, 5) is 4.43. The molecule has 0 unspecified atom stereocenters. The van der Waals surface area contributed by atoms with Crippen molar-refractivity contribution in [1.82, 2.24) is 9.55 Å². The van der Waals surface area contributed by atoms with Crippen LogP contribution in [0.5, 0.6) is 5.75 Å². The number of nitrogen functional groups attached to an aromatic ring is 1. The highest BCUT2D eigenvalue weighted by atomic mass is 16.3. The van der Waals surface area contributed by atoms with Crippen molar-refractivity contribution in [1.29, 1.82) is 0 Å². The Bertz CT molecular complexity index is 732. The summed E-state index contributed by atoms with van der Waals surface area (Å²) in [5.41, 5.74) is 8.85. The van der Waals surface area contributed by atoms with Gasteiger partial charge in [0, 0.05) is 31.0 Å². The number of phenolic OH excluding ortho intramolecular Hbond substituents is 1. The summed E-state index contributed by atoms with van der Waals surface area (Å²) < 4.78 is 2.11. The Balaban J connectivity index is 1.79. The fourth-order valence-corrected chi connectivity index (χ4v) is 2.33. The minimum absolute atomic E-state index is 0.282. The zero-order valence-electron chi connectivity index (χ0n) is 11.6. The topological polar surface area (TPSA) is 64.1 Å². The van der Waals surface area contributed by atoms with Gasteiger partial charge in [0.05, 0.1) is 0 Å². The first kappa shape index (κ1) is 13.2. The number of anilines is 1. The van der Waals surface area contributed by atoms with Gasteiger partial charge in [0.15, 0.2) is 0 Å². The smallest absolute Gasteiger partial charge is 0.115 e. The number of rotatable bonds is 4. The van der Waals surface area contributed by atoms with Gasteiger partial charge in [0.2, 0.25) is 0 Å². The molecule has 106 valence electrons. The molecule has 0 amide bonds. The Labute approximate surface area is 123 Å². The molecule has 0 aliphatic rings. The van der Waals surface area contributed by atoms with E-state index in [1.807, 2.05) is 42.7 Å². The molecular formula is C17H17N3O. The monoisotopic (exact) mass is 279 g/mol. The van der Waals surface area contributed by atoms with E-state index in [2.05, 4.69) is 15.6 Å². The second-order valence-corrected chi connectivity index (χ2v) is 5.06. The van der Waals surface area contributed by atoms with Crippen molar-refractivity contribution in [3.63, 3.8) is 0 Å². The van der Waals surface area contributed by atoms with Crippen LogP contribution in [0.25, 0.3) is 0 Å². The van der Waals surface area contributed by atoms with E-state index in [9.17, 15) is 5.11 Å². The first-order valence-corrected chi connectivity index (χ1v) is 6.83. The van der Waals surface area contributed by atoms with E-state index in [0.717, 1.165) is 35.6 Å². The first-order chi connectivity index (χ1) is 10.2. The van der Waals surface area contributed by atoms with Crippen LogP contribution in [0.2, 0.25) is 0 Å². The van der Waals surface area contributed by atoms with Crippen LogP contribution in [0.15, 0.2) is 60.9 Å². The molecule has 3 rings (SSSR count). The number of nitrogens with zero attached hydrogens (tertiary/aromatic N) is 2. The Morgan fingerprint density at radius 3 is 2.62 bits per heavy atom. The van der Waals surface area contributed by atoms with Crippen LogP contribution in [0.4, 0.5) is 5.69 Å². The summed E-state index contributed by atoms with van der Waals surface area (Å²) in [5.74, 6) is 1.28. The first-order valence-electron chi connectivity index (χ1n) is 6.83. The van der Waals surface area contributed by atoms with Crippen molar-refractivity contribution >= 4 is 5.69 Å². The predicted molar refractivity (Wildman–Crippen MR) is 83.1 cm³/mol. The van der Waals surface area contributed by atoms with E-state index in [-0.39, 0.29) is 5.75 Å². The molecule has 3 aromatic rings. The fourth-order valence-electron chi connectivity index (χ4n) is 2.33. The van der Waals surface area contributed by atoms with Crippen LogP contribution in [-0.4, -0.2) is 14.7 Å². The molecular weight excluding hydrogens is 262 g/mol. The second kappa shape index (κ2) is 5.71. The molecule has 4 nitrogen and oxygen atoms in total. The minimum atomic E-state index is 0.282. The Hall–Kier alpha value is -2.75. The van der Waals surface area contributed by atoms with Crippen LogP contribution >= 0.6 is 0 Å². The van der Waals surface area contributed by atoms with Crippen molar-refractivity contribution < 1.29 is 5.11 Å². The third kappa shape index (κ3) is 3.23. The summed E-state index contributed by atoms with van der Waals surface area (Å²) in [6.45, 7) is 0.734. The number of aromatic nitrogens is 2. The lowest BCUT2D eigenvalue weighted by Crippen LogP contribution is -2.05. The molecule has 4 heteroatoms.